The van der Waals surface area contributed by atoms with Crippen molar-refractivity contribution in [1.29, 1.82) is 0 Å². The summed E-state index contributed by atoms with van der Waals surface area (Å²) in [6.45, 7) is -0.198. The molecular formula is C20H20N6O4. The highest BCUT2D eigenvalue weighted by molar-refractivity contribution is 5.93. The Hall–Kier alpha value is -4.21. The van der Waals surface area contributed by atoms with Gasteiger partial charge in [0.2, 0.25) is 5.82 Å². The number of aromatic nitrogens is 4. The maximum absolute atomic E-state index is 12.0. The molecule has 0 fully saturated rings. The van der Waals surface area contributed by atoms with Crippen LogP contribution in [0.5, 0.6) is 11.5 Å². The average molecular weight is 408 g/mol. The highest BCUT2D eigenvalue weighted by Crippen LogP contribution is 2.23. The Balaban J connectivity index is 1.51. The number of hydrogen-bond donors (Lipinski definition) is 2. The molecule has 0 radical (unpaired) electrons. The van der Waals surface area contributed by atoms with Gasteiger partial charge in [0, 0.05) is 17.7 Å². The minimum absolute atomic E-state index is 0.198. The van der Waals surface area contributed by atoms with Gasteiger partial charge >= 0.3 is 0 Å². The minimum Gasteiger partial charge on any atom is -0.497 e. The van der Waals surface area contributed by atoms with E-state index in [1.54, 1.807) is 24.3 Å². The van der Waals surface area contributed by atoms with Gasteiger partial charge < -0.3 is 9.47 Å². The maximum atomic E-state index is 12.0. The van der Waals surface area contributed by atoms with Crippen LogP contribution in [0.1, 0.15) is 5.56 Å². The smallest absolute Gasteiger partial charge is 0.262 e. The van der Waals surface area contributed by atoms with Crippen molar-refractivity contribution in [3.8, 4) is 22.9 Å². The topological polar surface area (TPSA) is 120 Å². The summed E-state index contributed by atoms with van der Waals surface area (Å²) in [7, 11) is 3.08. The Bertz CT molecular complexity index is 1030. The lowest BCUT2D eigenvalue weighted by molar-refractivity contribution is -0.127. The van der Waals surface area contributed by atoms with Crippen molar-refractivity contribution in [2.45, 2.75) is 6.54 Å². The highest BCUT2D eigenvalue weighted by Gasteiger charge is 2.09. The van der Waals surface area contributed by atoms with Gasteiger partial charge in [-0.3, -0.25) is 20.4 Å². The van der Waals surface area contributed by atoms with Gasteiger partial charge in [0.05, 0.1) is 14.2 Å². The Labute approximate surface area is 172 Å². The molecule has 0 bridgehead atoms. The van der Waals surface area contributed by atoms with Crippen LogP contribution in [0.25, 0.3) is 17.5 Å². The van der Waals surface area contributed by atoms with Crippen molar-refractivity contribution in [2.24, 2.45) is 0 Å². The summed E-state index contributed by atoms with van der Waals surface area (Å²) in [6.07, 6.45) is 2.84. The lowest BCUT2D eigenvalue weighted by Crippen LogP contribution is -2.42. The van der Waals surface area contributed by atoms with Gasteiger partial charge in [0.1, 0.15) is 18.0 Å². The Morgan fingerprint density at radius 1 is 1.03 bits per heavy atom. The van der Waals surface area contributed by atoms with Crippen LogP contribution < -0.4 is 20.3 Å². The summed E-state index contributed by atoms with van der Waals surface area (Å²) in [5, 5.41) is 11.9. The standard InChI is InChI=1S/C20H20N6O4/c1-29-16-10-14(11-17(12-16)30-2)8-9-18(27)21-22-19(28)13-26-24-20(23-25-26)15-6-4-3-5-7-15/h3-12H,13H2,1-2H3,(H,21,27)(H,22,28)/b9-8+. The number of hydrogen-bond acceptors (Lipinski definition) is 7. The van der Waals surface area contributed by atoms with E-state index < -0.39 is 11.8 Å². The molecule has 10 heteroatoms. The molecule has 2 aromatic carbocycles. The van der Waals surface area contributed by atoms with Gasteiger partial charge in [-0.05, 0) is 29.0 Å². The Kier molecular flexibility index (Phi) is 6.72. The number of methoxy groups -OCH3 is 2. The molecular weight excluding hydrogens is 388 g/mol. The molecule has 3 rings (SSSR count). The maximum Gasteiger partial charge on any atom is 0.262 e. The van der Waals surface area contributed by atoms with Crippen LogP contribution in [0, 0.1) is 0 Å². The minimum atomic E-state index is -0.512. The van der Waals surface area contributed by atoms with Gasteiger partial charge in [-0.2, -0.15) is 4.80 Å². The number of hydrazine groups is 1. The summed E-state index contributed by atoms with van der Waals surface area (Å²) >= 11 is 0. The normalized spacial score (nSPS) is 10.6. The summed E-state index contributed by atoms with van der Waals surface area (Å²) in [5.41, 5.74) is 6.08. The van der Waals surface area contributed by atoms with E-state index in [0.717, 1.165) is 10.4 Å². The van der Waals surface area contributed by atoms with Crippen LogP contribution in [0.3, 0.4) is 0 Å². The van der Waals surface area contributed by atoms with Gasteiger partial charge in [0.25, 0.3) is 11.8 Å². The number of ether oxygens (including phenoxy) is 2. The van der Waals surface area contributed by atoms with Gasteiger partial charge in [0.15, 0.2) is 0 Å². The first-order chi connectivity index (χ1) is 14.6. The third-order valence-corrected chi connectivity index (χ3v) is 3.90. The number of carbonyl (C=O) groups excluding carboxylic acids is 2. The third-order valence-electron chi connectivity index (χ3n) is 3.90. The molecule has 0 unspecified atom stereocenters. The molecule has 0 aliphatic carbocycles. The number of tetrazole rings is 1. The SMILES string of the molecule is COc1cc(/C=C/C(=O)NNC(=O)Cn2nnc(-c3ccccc3)n2)cc(OC)c1. The molecule has 1 heterocycles. The van der Waals surface area contributed by atoms with Crippen LogP contribution in [0.15, 0.2) is 54.6 Å². The molecule has 0 spiro atoms. The predicted octanol–water partition coefficient (Wildman–Crippen LogP) is 1.22. The molecule has 0 aliphatic rings. The first kappa shape index (κ1) is 20.5. The van der Waals surface area contributed by atoms with Gasteiger partial charge in [-0.25, -0.2) is 0 Å². The van der Waals surface area contributed by atoms with Crippen molar-refractivity contribution in [2.75, 3.05) is 14.2 Å². The number of nitrogens with one attached hydrogen (secondary N) is 2. The molecule has 0 saturated heterocycles. The largest absolute Gasteiger partial charge is 0.497 e. The summed E-state index contributed by atoms with van der Waals surface area (Å²) in [5.74, 6) is 0.582. The molecule has 2 amide bonds. The fraction of sp³-hybridized carbons (Fsp3) is 0.150. The quantitative estimate of drug-likeness (QED) is 0.445. The van der Waals surface area contributed by atoms with E-state index in [9.17, 15) is 9.59 Å². The van der Waals surface area contributed by atoms with Crippen molar-refractivity contribution >= 4 is 17.9 Å². The monoisotopic (exact) mass is 408 g/mol. The van der Waals surface area contributed by atoms with Crippen LogP contribution in [-0.2, 0) is 16.1 Å². The van der Waals surface area contributed by atoms with Crippen LogP contribution in [-0.4, -0.2) is 46.2 Å². The third kappa shape index (κ3) is 5.64. The van der Waals surface area contributed by atoms with E-state index in [-0.39, 0.29) is 6.54 Å². The number of rotatable bonds is 7. The van der Waals surface area contributed by atoms with Gasteiger partial charge in [-0.1, -0.05) is 30.3 Å². The Morgan fingerprint density at radius 2 is 1.73 bits per heavy atom. The lowest BCUT2D eigenvalue weighted by Gasteiger charge is -2.06. The molecule has 154 valence electrons. The zero-order valence-electron chi connectivity index (χ0n) is 16.4. The molecule has 0 atom stereocenters. The molecule has 3 aromatic rings. The van der Waals surface area contributed by atoms with Crippen molar-refractivity contribution in [1.82, 2.24) is 31.1 Å². The fourth-order valence-electron chi connectivity index (χ4n) is 2.45. The summed E-state index contributed by atoms with van der Waals surface area (Å²) < 4.78 is 10.4. The molecule has 0 saturated carbocycles. The molecule has 2 N–H and O–H groups in total. The first-order valence-electron chi connectivity index (χ1n) is 8.90. The van der Waals surface area contributed by atoms with Crippen LogP contribution >= 0.6 is 0 Å². The van der Waals surface area contributed by atoms with Crippen molar-refractivity contribution in [3.63, 3.8) is 0 Å². The van der Waals surface area contributed by atoms with E-state index in [1.807, 2.05) is 30.3 Å². The summed E-state index contributed by atoms with van der Waals surface area (Å²) in [6, 6.07) is 14.5. The second-order valence-corrected chi connectivity index (χ2v) is 6.03. The van der Waals surface area contributed by atoms with E-state index in [4.69, 9.17) is 9.47 Å². The number of nitrogens with zero attached hydrogens (tertiary/aromatic N) is 4. The fourth-order valence-corrected chi connectivity index (χ4v) is 2.45. The molecule has 0 aliphatic heterocycles. The molecule has 1 aromatic heterocycles. The lowest BCUT2D eigenvalue weighted by atomic mass is 10.2. The second-order valence-electron chi connectivity index (χ2n) is 6.03. The van der Waals surface area contributed by atoms with Gasteiger partial charge in [-0.15, -0.1) is 10.2 Å². The number of benzene rings is 2. The second kappa shape index (κ2) is 9.82. The van der Waals surface area contributed by atoms with Crippen LogP contribution in [0.2, 0.25) is 0 Å². The van der Waals surface area contributed by atoms with Crippen molar-refractivity contribution in [3.05, 3.63) is 60.2 Å². The predicted molar refractivity (Wildman–Crippen MR) is 108 cm³/mol. The van der Waals surface area contributed by atoms with E-state index >= 15 is 0 Å². The van der Waals surface area contributed by atoms with E-state index in [1.165, 1.54) is 20.3 Å². The highest BCUT2D eigenvalue weighted by atomic mass is 16.5. The number of carbonyl (C=O) groups is 2. The van der Waals surface area contributed by atoms with E-state index in [0.29, 0.717) is 22.9 Å². The van der Waals surface area contributed by atoms with Crippen LogP contribution in [0.4, 0.5) is 0 Å². The molecule has 30 heavy (non-hydrogen) atoms. The Morgan fingerprint density at radius 3 is 2.40 bits per heavy atom. The average Bonchev–Trinajstić information content (AvgIpc) is 3.25. The number of amides is 2. The van der Waals surface area contributed by atoms with E-state index in [2.05, 4.69) is 26.3 Å². The molecule has 10 nitrogen and oxygen atoms in total. The van der Waals surface area contributed by atoms with Crippen molar-refractivity contribution < 1.29 is 19.1 Å². The zero-order chi connectivity index (χ0) is 21.3. The zero-order valence-corrected chi connectivity index (χ0v) is 16.4. The summed E-state index contributed by atoms with van der Waals surface area (Å²) in [4.78, 5) is 25.1. The first-order valence-corrected chi connectivity index (χ1v) is 8.90.